The third kappa shape index (κ3) is 4.64. The second-order valence-electron chi connectivity index (χ2n) is 7.75. The first-order valence-electron chi connectivity index (χ1n) is 10.2. The number of carbonyl (C=O) groups is 2. The van der Waals surface area contributed by atoms with Crippen molar-refractivity contribution in [2.75, 3.05) is 17.7 Å². The molecule has 2 aromatic carbocycles. The second kappa shape index (κ2) is 8.69. The van der Waals surface area contributed by atoms with Crippen molar-refractivity contribution in [3.05, 3.63) is 65.5 Å². The molecule has 4 rings (SSSR count). The van der Waals surface area contributed by atoms with Crippen molar-refractivity contribution in [2.24, 2.45) is 0 Å². The standard InChI is InChI=1S/C23H25N5O3/c1-14-7-11-19(12-8-14)28-21(16-9-10-16)20(26-27-28)23(30)25-18-6-4-5-17(13-18)24-22(29)15(2)31-3/h4-8,11-13,15-16H,9-10H2,1-3H3,(H,24,29)(H,25,30). The van der Waals surface area contributed by atoms with E-state index in [0.717, 1.165) is 29.8 Å². The van der Waals surface area contributed by atoms with Crippen LogP contribution in [0.25, 0.3) is 5.69 Å². The predicted octanol–water partition coefficient (Wildman–Crippen LogP) is 3.68. The molecular weight excluding hydrogens is 394 g/mol. The topological polar surface area (TPSA) is 98.1 Å². The van der Waals surface area contributed by atoms with Crippen LogP contribution in [0.5, 0.6) is 0 Å². The molecule has 31 heavy (non-hydrogen) atoms. The lowest BCUT2D eigenvalue weighted by Crippen LogP contribution is -2.26. The Labute approximate surface area is 180 Å². The van der Waals surface area contributed by atoms with Gasteiger partial charge in [-0.25, -0.2) is 4.68 Å². The molecule has 160 valence electrons. The van der Waals surface area contributed by atoms with Gasteiger partial charge in [0.25, 0.3) is 11.8 Å². The molecule has 0 aliphatic heterocycles. The van der Waals surface area contributed by atoms with E-state index in [9.17, 15) is 9.59 Å². The molecular formula is C23H25N5O3. The van der Waals surface area contributed by atoms with Gasteiger partial charge >= 0.3 is 0 Å². The summed E-state index contributed by atoms with van der Waals surface area (Å²) in [6.07, 6.45) is 1.45. The fourth-order valence-electron chi connectivity index (χ4n) is 3.27. The van der Waals surface area contributed by atoms with Crippen LogP contribution in [0.1, 0.15) is 47.4 Å². The van der Waals surface area contributed by atoms with Crippen molar-refractivity contribution < 1.29 is 14.3 Å². The molecule has 1 unspecified atom stereocenters. The molecule has 0 radical (unpaired) electrons. The molecule has 8 heteroatoms. The van der Waals surface area contributed by atoms with Gasteiger partial charge in [-0.05, 0) is 57.0 Å². The van der Waals surface area contributed by atoms with Gasteiger partial charge in [-0.15, -0.1) is 5.10 Å². The Morgan fingerprint density at radius 1 is 1.10 bits per heavy atom. The summed E-state index contributed by atoms with van der Waals surface area (Å²) in [6, 6.07) is 14.9. The lowest BCUT2D eigenvalue weighted by molar-refractivity contribution is -0.124. The van der Waals surface area contributed by atoms with Gasteiger partial charge in [-0.1, -0.05) is 29.0 Å². The Balaban J connectivity index is 1.55. The number of rotatable bonds is 7. The Morgan fingerprint density at radius 2 is 1.77 bits per heavy atom. The Kier molecular flexibility index (Phi) is 5.81. The molecule has 1 atom stereocenters. The van der Waals surface area contributed by atoms with Gasteiger partial charge in [0.2, 0.25) is 0 Å². The van der Waals surface area contributed by atoms with E-state index in [0.29, 0.717) is 17.1 Å². The summed E-state index contributed by atoms with van der Waals surface area (Å²) in [6.45, 7) is 3.69. The van der Waals surface area contributed by atoms with E-state index in [-0.39, 0.29) is 17.7 Å². The first-order valence-corrected chi connectivity index (χ1v) is 10.2. The largest absolute Gasteiger partial charge is 0.372 e. The maximum Gasteiger partial charge on any atom is 0.278 e. The third-order valence-electron chi connectivity index (χ3n) is 5.27. The fraction of sp³-hybridized carbons (Fsp3) is 0.304. The molecule has 1 heterocycles. The molecule has 1 fully saturated rings. The van der Waals surface area contributed by atoms with E-state index in [4.69, 9.17) is 4.74 Å². The summed E-state index contributed by atoms with van der Waals surface area (Å²) >= 11 is 0. The molecule has 0 bridgehead atoms. The SMILES string of the molecule is COC(C)C(=O)Nc1cccc(NC(=O)c2nnn(-c3ccc(C)cc3)c2C2CC2)c1. The number of hydrogen-bond donors (Lipinski definition) is 2. The smallest absolute Gasteiger partial charge is 0.278 e. The highest BCUT2D eigenvalue weighted by molar-refractivity contribution is 6.04. The number of aromatic nitrogens is 3. The minimum absolute atomic E-state index is 0.261. The van der Waals surface area contributed by atoms with Gasteiger partial charge in [0, 0.05) is 24.4 Å². The van der Waals surface area contributed by atoms with Gasteiger partial charge in [0.1, 0.15) is 6.10 Å². The van der Waals surface area contributed by atoms with Gasteiger partial charge in [0.15, 0.2) is 5.69 Å². The average Bonchev–Trinajstić information content (AvgIpc) is 3.51. The highest BCUT2D eigenvalue weighted by Crippen LogP contribution is 2.42. The Morgan fingerprint density at radius 3 is 2.42 bits per heavy atom. The number of hydrogen-bond acceptors (Lipinski definition) is 5. The number of methoxy groups -OCH3 is 1. The van der Waals surface area contributed by atoms with Crippen molar-refractivity contribution in [2.45, 2.75) is 38.7 Å². The van der Waals surface area contributed by atoms with Crippen LogP contribution in [0.3, 0.4) is 0 Å². The third-order valence-corrected chi connectivity index (χ3v) is 5.27. The number of aryl methyl sites for hydroxylation is 1. The van der Waals surface area contributed by atoms with Crippen molar-refractivity contribution in [1.82, 2.24) is 15.0 Å². The maximum atomic E-state index is 13.0. The zero-order valence-electron chi connectivity index (χ0n) is 17.8. The van der Waals surface area contributed by atoms with Crippen molar-refractivity contribution in [3.63, 3.8) is 0 Å². The molecule has 0 saturated heterocycles. The van der Waals surface area contributed by atoms with Crippen LogP contribution in [-0.2, 0) is 9.53 Å². The summed E-state index contributed by atoms with van der Waals surface area (Å²) < 4.78 is 6.78. The van der Waals surface area contributed by atoms with Crippen LogP contribution in [0.15, 0.2) is 48.5 Å². The number of amides is 2. The summed E-state index contributed by atoms with van der Waals surface area (Å²) in [5.74, 6) is -0.310. The Hall–Kier alpha value is -3.52. The maximum absolute atomic E-state index is 13.0. The highest BCUT2D eigenvalue weighted by atomic mass is 16.5. The molecule has 2 amide bonds. The number of anilines is 2. The van der Waals surface area contributed by atoms with E-state index in [1.807, 2.05) is 31.2 Å². The molecule has 3 aromatic rings. The van der Waals surface area contributed by atoms with E-state index >= 15 is 0 Å². The summed E-state index contributed by atoms with van der Waals surface area (Å²) in [5, 5.41) is 14.1. The minimum Gasteiger partial charge on any atom is -0.372 e. The molecule has 8 nitrogen and oxygen atoms in total. The van der Waals surface area contributed by atoms with Crippen molar-refractivity contribution in [3.8, 4) is 5.69 Å². The molecule has 0 spiro atoms. The molecule has 1 aliphatic carbocycles. The van der Waals surface area contributed by atoms with Crippen LogP contribution in [0, 0.1) is 6.92 Å². The van der Waals surface area contributed by atoms with E-state index in [1.165, 1.54) is 7.11 Å². The minimum atomic E-state index is -0.573. The van der Waals surface area contributed by atoms with Crippen LogP contribution in [0.2, 0.25) is 0 Å². The van der Waals surface area contributed by atoms with Crippen molar-refractivity contribution in [1.29, 1.82) is 0 Å². The quantitative estimate of drug-likeness (QED) is 0.609. The number of nitrogens with zero attached hydrogens (tertiary/aromatic N) is 3. The molecule has 1 aliphatic rings. The Bertz CT molecular complexity index is 1100. The van der Waals surface area contributed by atoms with E-state index in [2.05, 4.69) is 20.9 Å². The van der Waals surface area contributed by atoms with Gasteiger partial charge in [-0.2, -0.15) is 0 Å². The van der Waals surface area contributed by atoms with Gasteiger partial charge in [0.05, 0.1) is 11.4 Å². The fourth-order valence-corrected chi connectivity index (χ4v) is 3.27. The van der Waals surface area contributed by atoms with Crippen molar-refractivity contribution >= 4 is 23.2 Å². The van der Waals surface area contributed by atoms with Gasteiger partial charge in [-0.3, -0.25) is 9.59 Å². The first kappa shape index (κ1) is 20.7. The lowest BCUT2D eigenvalue weighted by Gasteiger charge is -2.12. The van der Waals surface area contributed by atoms with Crippen LogP contribution >= 0.6 is 0 Å². The summed E-state index contributed by atoms with van der Waals surface area (Å²) in [7, 11) is 1.47. The van der Waals surface area contributed by atoms with Crippen LogP contribution in [0.4, 0.5) is 11.4 Å². The lowest BCUT2D eigenvalue weighted by atomic mass is 10.2. The molecule has 2 N–H and O–H groups in total. The number of nitrogens with one attached hydrogen (secondary N) is 2. The predicted molar refractivity (Wildman–Crippen MR) is 118 cm³/mol. The van der Waals surface area contributed by atoms with Gasteiger partial charge < -0.3 is 15.4 Å². The number of carbonyl (C=O) groups excluding carboxylic acids is 2. The zero-order valence-corrected chi connectivity index (χ0v) is 17.8. The normalized spacial score (nSPS) is 14.2. The van der Waals surface area contributed by atoms with Crippen LogP contribution in [-0.4, -0.2) is 40.0 Å². The second-order valence-corrected chi connectivity index (χ2v) is 7.75. The molecule has 1 aromatic heterocycles. The zero-order chi connectivity index (χ0) is 22.0. The van der Waals surface area contributed by atoms with E-state index in [1.54, 1.807) is 35.9 Å². The highest BCUT2D eigenvalue weighted by Gasteiger charge is 2.34. The molecule has 1 saturated carbocycles. The average molecular weight is 419 g/mol. The number of benzene rings is 2. The summed E-state index contributed by atoms with van der Waals surface area (Å²) in [4.78, 5) is 25.1. The van der Waals surface area contributed by atoms with Crippen LogP contribution < -0.4 is 10.6 Å². The number of ether oxygens (including phenoxy) is 1. The van der Waals surface area contributed by atoms with E-state index < -0.39 is 6.10 Å². The first-order chi connectivity index (χ1) is 15.0. The monoisotopic (exact) mass is 419 g/mol. The summed E-state index contributed by atoms with van der Waals surface area (Å²) in [5.41, 5.74) is 4.32.